The summed E-state index contributed by atoms with van der Waals surface area (Å²) in [6.45, 7) is 3.05. The van der Waals surface area contributed by atoms with Crippen LogP contribution < -0.4 is 5.32 Å². The minimum absolute atomic E-state index is 0.237. The Bertz CT molecular complexity index is 622. The summed E-state index contributed by atoms with van der Waals surface area (Å²) < 4.78 is 5.07. The maximum Gasteiger partial charge on any atom is 0.348 e. The summed E-state index contributed by atoms with van der Waals surface area (Å²) in [5.41, 5.74) is 2.25. The van der Waals surface area contributed by atoms with Gasteiger partial charge in [0.25, 0.3) is 0 Å². The van der Waals surface area contributed by atoms with E-state index in [9.17, 15) is 4.79 Å². The van der Waals surface area contributed by atoms with Crippen molar-refractivity contribution < 1.29 is 9.53 Å². The van der Waals surface area contributed by atoms with Gasteiger partial charge >= 0.3 is 5.97 Å². The molecule has 0 atom stereocenters. The number of esters is 1. The van der Waals surface area contributed by atoms with Crippen molar-refractivity contribution in [3.63, 3.8) is 0 Å². The van der Waals surface area contributed by atoms with E-state index in [0.717, 1.165) is 29.2 Å². The van der Waals surface area contributed by atoms with Crippen molar-refractivity contribution in [3.05, 3.63) is 34.8 Å². The Labute approximate surface area is 115 Å². The highest BCUT2D eigenvalue weighted by Crippen LogP contribution is 2.38. The average Bonchev–Trinajstić information content (AvgIpc) is 2.77. The summed E-state index contributed by atoms with van der Waals surface area (Å²) in [7, 11) is 0. The lowest BCUT2D eigenvalue weighted by molar-refractivity contribution is 0.0532. The van der Waals surface area contributed by atoms with Gasteiger partial charge < -0.3 is 10.1 Å². The Balaban J connectivity index is 2.06. The Morgan fingerprint density at radius 1 is 1.58 bits per heavy atom. The number of anilines is 1. The van der Waals surface area contributed by atoms with Gasteiger partial charge in [-0.3, -0.25) is 0 Å². The van der Waals surface area contributed by atoms with E-state index in [2.05, 4.69) is 10.3 Å². The van der Waals surface area contributed by atoms with Crippen molar-refractivity contribution in [1.82, 2.24) is 4.98 Å². The van der Waals surface area contributed by atoms with Crippen molar-refractivity contribution in [2.45, 2.75) is 13.3 Å². The molecule has 4 nitrogen and oxygen atoms in total. The minimum atomic E-state index is -0.237. The lowest BCUT2D eigenvalue weighted by Crippen LogP contribution is -2.04. The normalized spacial score (nSPS) is 12.9. The molecule has 2 aromatic rings. The molecule has 0 spiro atoms. The molecule has 0 aliphatic carbocycles. The van der Waals surface area contributed by atoms with Gasteiger partial charge in [0, 0.05) is 23.2 Å². The zero-order valence-corrected chi connectivity index (χ0v) is 11.4. The summed E-state index contributed by atoms with van der Waals surface area (Å²) >= 11 is 1.48. The molecule has 1 aliphatic heterocycles. The Hall–Kier alpha value is -1.88. The summed E-state index contributed by atoms with van der Waals surface area (Å²) in [6, 6.07) is 5.89. The molecule has 19 heavy (non-hydrogen) atoms. The quantitative estimate of drug-likeness (QED) is 0.855. The van der Waals surface area contributed by atoms with Gasteiger partial charge in [-0.2, -0.15) is 0 Å². The maximum atomic E-state index is 11.8. The molecular formula is C14H14N2O2S. The molecule has 0 radical (unpaired) electrons. The van der Waals surface area contributed by atoms with E-state index < -0.39 is 0 Å². The van der Waals surface area contributed by atoms with E-state index in [-0.39, 0.29) is 5.97 Å². The van der Waals surface area contributed by atoms with Crippen molar-refractivity contribution >= 4 is 23.1 Å². The highest BCUT2D eigenvalue weighted by molar-refractivity contribution is 7.17. The number of ether oxygens (including phenoxy) is 1. The number of aromatic nitrogens is 1. The van der Waals surface area contributed by atoms with E-state index in [1.807, 2.05) is 25.1 Å². The molecule has 1 aliphatic rings. The zero-order chi connectivity index (χ0) is 13.2. The largest absolute Gasteiger partial charge is 0.462 e. The fourth-order valence-electron chi connectivity index (χ4n) is 2.19. The van der Waals surface area contributed by atoms with E-state index in [1.54, 1.807) is 6.20 Å². The number of nitrogens with zero attached hydrogens (tertiary/aromatic N) is 1. The predicted molar refractivity (Wildman–Crippen MR) is 75.7 cm³/mol. The van der Waals surface area contributed by atoms with Gasteiger partial charge in [0.2, 0.25) is 0 Å². The van der Waals surface area contributed by atoms with Gasteiger partial charge in [0.15, 0.2) is 0 Å². The lowest BCUT2D eigenvalue weighted by atomic mass is 10.1. The third-order valence-corrected chi connectivity index (χ3v) is 4.22. The Kier molecular flexibility index (Phi) is 3.21. The molecule has 0 saturated heterocycles. The molecule has 98 valence electrons. The third-order valence-electron chi connectivity index (χ3n) is 3.02. The van der Waals surface area contributed by atoms with Crippen LogP contribution in [-0.4, -0.2) is 24.1 Å². The SMILES string of the molecule is CCOC(=O)c1cc2c(s1)-c1cccnc1NCC2. The molecule has 1 N–H and O–H groups in total. The smallest absolute Gasteiger partial charge is 0.348 e. The molecule has 2 aromatic heterocycles. The second-order valence-corrected chi connectivity index (χ2v) is 5.31. The Morgan fingerprint density at radius 3 is 3.32 bits per heavy atom. The highest BCUT2D eigenvalue weighted by Gasteiger charge is 2.20. The number of carbonyl (C=O) groups is 1. The molecule has 5 heteroatoms. The first-order valence-electron chi connectivity index (χ1n) is 6.28. The van der Waals surface area contributed by atoms with Crippen molar-refractivity contribution in [3.8, 4) is 10.4 Å². The molecule has 0 amide bonds. The number of hydrogen-bond acceptors (Lipinski definition) is 5. The molecule has 3 rings (SSSR count). The summed E-state index contributed by atoms with van der Waals surface area (Å²) in [5, 5.41) is 3.31. The first-order valence-corrected chi connectivity index (χ1v) is 7.10. The molecule has 3 heterocycles. The van der Waals surface area contributed by atoms with Gasteiger partial charge in [-0.25, -0.2) is 9.78 Å². The van der Waals surface area contributed by atoms with Crippen molar-refractivity contribution in [1.29, 1.82) is 0 Å². The molecule has 0 aromatic carbocycles. The molecule has 0 saturated carbocycles. The molecule has 0 fully saturated rings. The summed E-state index contributed by atoms with van der Waals surface area (Å²) in [4.78, 5) is 18.0. The molecule has 0 unspecified atom stereocenters. The lowest BCUT2D eigenvalue weighted by Gasteiger charge is -2.04. The average molecular weight is 274 g/mol. The van der Waals surface area contributed by atoms with E-state index in [4.69, 9.17) is 4.74 Å². The Morgan fingerprint density at radius 2 is 2.47 bits per heavy atom. The highest BCUT2D eigenvalue weighted by atomic mass is 32.1. The standard InChI is InChI=1S/C14H14N2O2S/c1-2-18-14(17)11-8-9-5-7-16-13-10(12(9)19-11)4-3-6-15-13/h3-4,6,8H,2,5,7H2,1H3,(H,15,16). The summed E-state index contributed by atoms with van der Waals surface area (Å²) in [5.74, 6) is 0.650. The van der Waals surface area contributed by atoms with Crippen LogP contribution in [0.1, 0.15) is 22.2 Å². The van der Waals surface area contributed by atoms with Crippen LogP contribution in [0.5, 0.6) is 0 Å². The van der Waals surface area contributed by atoms with E-state index in [1.165, 1.54) is 16.9 Å². The second-order valence-electron chi connectivity index (χ2n) is 4.26. The van der Waals surface area contributed by atoms with Crippen LogP contribution in [0.25, 0.3) is 10.4 Å². The van der Waals surface area contributed by atoms with Crippen LogP contribution in [0.15, 0.2) is 24.4 Å². The van der Waals surface area contributed by atoms with Crippen LogP contribution in [0.3, 0.4) is 0 Å². The number of fused-ring (bicyclic) bond motifs is 3. The number of thiophene rings is 1. The second kappa shape index (κ2) is 5.01. The van der Waals surface area contributed by atoms with Gasteiger partial charge in [0.1, 0.15) is 10.7 Å². The van der Waals surface area contributed by atoms with Crippen molar-refractivity contribution in [2.75, 3.05) is 18.5 Å². The number of carbonyl (C=O) groups excluding carboxylic acids is 1. The van der Waals surface area contributed by atoms with Gasteiger partial charge in [-0.05, 0) is 37.1 Å². The van der Waals surface area contributed by atoms with Crippen LogP contribution >= 0.6 is 11.3 Å². The van der Waals surface area contributed by atoms with Crippen LogP contribution in [0.2, 0.25) is 0 Å². The number of pyridine rings is 1. The minimum Gasteiger partial charge on any atom is -0.462 e. The monoisotopic (exact) mass is 274 g/mol. The zero-order valence-electron chi connectivity index (χ0n) is 10.6. The number of rotatable bonds is 2. The topological polar surface area (TPSA) is 51.2 Å². The number of nitrogens with one attached hydrogen (secondary N) is 1. The predicted octanol–water partition coefficient (Wildman–Crippen LogP) is 2.95. The van der Waals surface area contributed by atoms with Crippen molar-refractivity contribution in [2.24, 2.45) is 0 Å². The fraction of sp³-hybridized carbons (Fsp3) is 0.286. The maximum absolute atomic E-state index is 11.8. The van der Waals surface area contributed by atoms with Crippen LogP contribution in [0.4, 0.5) is 5.82 Å². The number of hydrogen-bond donors (Lipinski definition) is 1. The first-order chi connectivity index (χ1) is 9.29. The van der Waals surface area contributed by atoms with Crippen LogP contribution in [-0.2, 0) is 11.2 Å². The van der Waals surface area contributed by atoms with Gasteiger partial charge in [-0.15, -0.1) is 11.3 Å². The van der Waals surface area contributed by atoms with Gasteiger partial charge in [0.05, 0.1) is 6.61 Å². The summed E-state index contributed by atoms with van der Waals surface area (Å²) in [6.07, 6.45) is 2.66. The fourth-order valence-corrected chi connectivity index (χ4v) is 3.32. The van der Waals surface area contributed by atoms with E-state index in [0.29, 0.717) is 11.5 Å². The van der Waals surface area contributed by atoms with Gasteiger partial charge in [-0.1, -0.05) is 0 Å². The van der Waals surface area contributed by atoms with Crippen LogP contribution in [0, 0.1) is 0 Å². The molecule has 0 bridgehead atoms. The first kappa shape index (κ1) is 12.2. The molecular weight excluding hydrogens is 260 g/mol. The van der Waals surface area contributed by atoms with E-state index >= 15 is 0 Å². The third kappa shape index (κ3) is 2.21.